The van der Waals surface area contributed by atoms with Gasteiger partial charge in [-0.3, -0.25) is 4.79 Å². The first-order valence-corrected chi connectivity index (χ1v) is 7.00. The molecule has 1 unspecified atom stereocenters. The van der Waals surface area contributed by atoms with Crippen molar-refractivity contribution >= 4 is 17.6 Å². The molecule has 1 aromatic rings. The zero-order chi connectivity index (χ0) is 16.8. The molecule has 0 heterocycles. The summed E-state index contributed by atoms with van der Waals surface area (Å²) in [5.74, 6) is -1.17. The molecule has 0 aliphatic carbocycles. The van der Waals surface area contributed by atoms with Crippen LogP contribution in [0.1, 0.15) is 31.1 Å². The number of hydrogen-bond donors (Lipinski definition) is 2. The molecule has 1 aromatic carbocycles. The maximum atomic E-state index is 12.0. The Balaban J connectivity index is 2.65. The van der Waals surface area contributed by atoms with E-state index in [2.05, 4.69) is 16.7 Å². The lowest BCUT2D eigenvalue weighted by Gasteiger charge is -2.27. The lowest BCUT2D eigenvalue weighted by atomic mass is 9.90. The Hall–Kier alpha value is -2.55. The predicted molar refractivity (Wildman–Crippen MR) is 83.3 cm³/mol. The Kier molecular flexibility index (Phi) is 5.93. The van der Waals surface area contributed by atoms with Crippen LogP contribution in [0.3, 0.4) is 0 Å². The van der Waals surface area contributed by atoms with Crippen molar-refractivity contribution in [1.29, 1.82) is 5.26 Å². The average molecular weight is 303 g/mol. The normalized spacial score (nSPS) is 12.9. The Morgan fingerprint density at radius 1 is 1.36 bits per heavy atom. The highest BCUT2D eigenvalue weighted by molar-refractivity contribution is 5.96. The van der Waals surface area contributed by atoms with Crippen LogP contribution in [0.5, 0.6) is 0 Å². The van der Waals surface area contributed by atoms with Gasteiger partial charge in [-0.15, -0.1) is 0 Å². The van der Waals surface area contributed by atoms with E-state index in [1.165, 1.54) is 0 Å². The molecule has 0 aliphatic heterocycles. The van der Waals surface area contributed by atoms with E-state index < -0.39 is 24.0 Å². The molecule has 0 radical (unpaired) electrons. The van der Waals surface area contributed by atoms with Gasteiger partial charge in [0, 0.05) is 12.7 Å². The van der Waals surface area contributed by atoms with Crippen LogP contribution in [0, 0.1) is 17.2 Å². The Labute approximate surface area is 130 Å². The molecule has 6 heteroatoms. The number of esters is 1. The Bertz CT molecular complexity index is 593. The lowest BCUT2D eigenvalue weighted by Crippen LogP contribution is -2.50. The number of benzene rings is 1. The SMILES string of the molecule is CNc1ccccc1C(=O)OCC(=O)NC(C)(C#N)C(C)C. The molecule has 0 saturated heterocycles. The highest BCUT2D eigenvalue weighted by Gasteiger charge is 2.30. The summed E-state index contributed by atoms with van der Waals surface area (Å²) in [6.45, 7) is 4.87. The third kappa shape index (κ3) is 4.22. The molecule has 0 spiro atoms. The minimum absolute atomic E-state index is 0.0674. The smallest absolute Gasteiger partial charge is 0.340 e. The topological polar surface area (TPSA) is 91.2 Å². The van der Waals surface area contributed by atoms with Gasteiger partial charge < -0.3 is 15.4 Å². The Morgan fingerprint density at radius 3 is 2.55 bits per heavy atom. The third-order valence-electron chi connectivity index (χ3n) is 3.54. The van der Waals surface area contributed by atoms with Crippen molar-refractivity contribution in [3.8, 4) is 6.07 Å². The van der Waals surface area contributed by atoms with E-state index >= 15 is 0 Å². The first-order chi connectivity index (χ1) is 10.3. The number of nitrogens with one attached hydrogen (secondary N) is 2. The van der Waals surface area contributed by atoms with Gasteiger partial charge in [0.2, 0.25) is 0 Å². The van der Waals surface area contributed by atoms with E-state index in [9.17, 15) is 9.59 Å². The second kappa shape index (κ2) is 7.46. The van der Waals surface area contributed by atoms with Gasteiger partial charge in [-0.2, -0.15) is 5.26 Å². The van der Waals surface area contributed by atoms with E-state index in [0.717, 1.165) is 0 Å². The summed E-state index contributed by atoms with van der Waals surface area (Å²) in [5.41, 5.74) is -0.0199. The molecular formula is C16H21N3O3. The summed E-state index contributed by atoms with van der Waals surface area (Å²) in [5, 5.41) is 14.6. The largest absolute Gasteiger partial charge is 0.452 e. The van der Waals surface area contributed by atoms with E-state index in [1.54, 1.807) is 38.2 Å². The van der Waals surface area contributed by atoms with Crippen molar-refractivity contribution in [3.05, 3.63) is 29.8 Å². The van der Waals surface area contributed by atoms with Crippen LogP contribution in [0.25, 0.3) is 0 Å². The number of hydrogen-bond acceptors (Lipinski definition) is 5. The predicted octanol–water partition coefficient (Wildman–Crippen LogP) is 1.94. The van der Waals surface area contributed by atoms with Gasteiger partial charge in [0.15, 0.2) is 6.61 Å². The molecule has 0 aliphatic rings. The van der Waals surface area contributed by atoms with Gasteiger partial charge in [0.25, 0.3) is 5.91 Å². The average Bonchev–Trinajstić information content (AvgIpc) is 2.52. The summed E-state index contributed by atoms with van der Waals surface area (Å²) in [6.07, 6.45) is 0. The number of amides is 1. The fraction of sp³-hybridized carbons (Fsp3) is 0.438. The number of rotatable bonds is 6. The molecule has 0 fully saturated rings. The molecule has 6 nitrogen and oxygen atoms in total. The maximum Gasteiger partial charge on any atom is 0.340 e. The van der Waals surface area contributed by atoms with Crippen molar-refractivity contribution in [3.63, 3.8) is 0 Å². The summed E-state index contributed by atoms with van der Waals surface area (Å²) >= 11 is 0. The number of anilines is 1. The highest BCUT2D eigenvalue weighted by atomic mass is 16.5. The number of ether oxygens (including phenoxy) is 1. The summed E-state index contributed by atoms with van der Waals surface area (Å²) in [4.78, 5) is 23.8. The molecule has 0 saturated carbocycles. The fourth-order valence-electron chi connectivity index (χ4n) is 1.72. The van der Waals surface area contributed by atoms with Crippen molar-refractivity contribution in [2.24, 2.45) is 5.92 Å². The first kappa shape index (κ1) is 17.5. The summed E-state index contributed by atoms with van der Waals surface area (Å²) in [6, 6.07) is 8.91. The molecule has 1 amide bonds. The van der Waals surface area contributed by atoms with Crippen LogP contribution in [0.2, 0.25) is 0 Å². The van der Waals surface area contributed by atoms with Crippen molar-refractivity contribution < 1.29 is 14.3 Å². The van der Waals surface area contributed by atoms with Gasteiger partial charge >= 0.3 is 5.97 Å². The molecule has 1 rings (SSSR count). The molecule has 1 atom stereocenters. The second-order valence-corrected chi connectivity index (χ2v) is 5.39. The van der Waals surface area contributed by atoms with Crippen LogP contribution < -0.4 is 10.6 Å². The zero-order valence-corrected chi connectivity index (χ0v) is 13.3. The summed E-state index contributed by atoms with van der Waals surface area (Å²) in [7, 11) is 1.69. The van der Waals surface area contributed by atoms with Crippen LogP contribution in [0.15, 0.2) is 24.3 Å². The molecule has 118 valence electrons. The quantitative estimate of drug-likeness (QED) is 0.784. The van der Waals surface area contributed by atoms with Gasteiger partial charge in [0.05, 0.1) is 11.6 Å². The fourth-order valence-corrected chi connectivity index (χ4v) is 1.72. The number of nitrogens with zero attached hydrogens (tertiary/aromatic N) is 1. The van der Waals surface area contributed by atoms with E-state index in [0.29, 0.717) is 11.3 Å². The number of para-hydroxylation sites is 1. The van der Waals surface area contributed by atoms with E-state index in [1.807, 2.05) is 13.8 Å². The van der Waals surface area contributed by atoms with Gasteiger partial charge in [-0.1, -0.05) is 26.0 Å². The van der Waals surface area contributed by atoms with Crippen LogP contribution in [0.4, 0.5) is 5.69 Å². The van der Waals surface area contributed by atoms with Crippen LogP contribution in [-0.4, -0.2) is 31.1 Å². The maximum absolute atomic E-state index is 12.0. The minimum Gasteiger partial charge on any atom is -0.452 e. The number of nitriles is 1. The Morgan fingerprint density at radius 2 is 2.00 bits per heavy atom. The highest BCUT2D eigenvalue weighted by Crippen LogP contribution is 2.16. The van der Waals surface area contributed by atoms with Crippen molar-refractivity contribution in [1.82, 2.24) is 5.32 Å². The standard InChI is InChI=1S/C16H21N3O3/c1-11(2)16(3,10-17)19-14(20)9-22-15(21)12-7-5-6-8-13(12)18-4/h5-8,11,18H,9H2,1-4H3,(H,19,20). The van der Waals surface area contributed by atoms with Crippen LogP contribution in [-0.2, 0) is 9.53 Å². The van der Waals surface area contributed by atoms with Gasteiger partial charge in [-0.05, 0) is 25.0 Å². The lowest BCUT2D eigenvalue weighted by molar-refractivity contribution is -0.125. The van der Waals surface area contributed by atoms with Crippen LogP contribution >= 0.6 is 0 Å². The zero-order valence-electron chi connectivity index (χ0n) is 13.3. The van der Waals surface area contributed by atoms with Gasteiger partial charge in [-0.25, -0.2) is 4.79 Å². The first-order valence-electron chi connectivity index (χ1n) is 7.00. The number of carbonyl (C=O) groups excluding carboxylic acids is 2. The molecular weight excluding hydrogens is 282 g/mol. The second-order valence-electron chi connectivity index (χ2n) is 5.39. The monoisotopic (exact) mass is 303 g/mol. The van der Waals surface area contributed by atoms with E-state index in [4.69, 9.17) is 10.00 Å². The van der Waals surface area contributed by atoms with Gasteiger partial charge in [0.1, 0.15) is 5.54 Å². The van der Waals surface area contributed by atoms with E-state index in [-0.39, 0.29) is 5.92 Å². The summed E-state index contributed by atoms with van der Waals surface area (Å²) < 4.78 is 5.00. The number of carbonyl (C=O) groups is 2. The molecule has 2 N–H and O–H groups in total. The third-order valence-corrected chi connectivity index (χ3v) is 3.54. The van der Waals surface area contributed by atoms with Crippen molar-refractivity contribution in [2.45, 2.75) is 26.3 Å². The molecule has 0 bridgehead atoms. The van der Waals surface area contributed by atoms with Crippen molar-refractivity contribution in [2.75, 3.05) is 19.0 Å². The minimum atomic E-state index is -0.994. The molecule has 0 aromatic heterocycles. The molecule has 22 heavy (non-hydrogen) atoms.